The Morgan fingerprint density at radius 1 is 1.27 bits per heavy atom. The average Bonchev–Trinajstić information content (AvgIpc) is 2.57. The molecule has 1 aromatic carbocycles. The van der Waals surface area contributed by atoms with Crippen LogP contribution in [0.25, 0.3) is 0 Å². The van der Waals surface area contributed by atoms with Crippen LogP contribution in [0, 0.1) is 11.7 Å². The second kappa shape index (κ2) is 7.40. The third-order valence-corrected chi connectivity index (χ3v) is 4.77. The number of piperazine rings is 1. The lowest BCUT2D eigenvalue weighted by molar-refractivity contribution is 0.0212. The predicted molar refractivity (Wildman–Crippen MR) is 83.7 cm³/mol. The molecular formula is C17H25FN2O2. The summed E-state index contributed by atoms with van der Waals surface area (Å²) in [5.41, 5.74) is 1.06. The smallest absolute Gasteiger partial charge is 0.165 e. The summed E-state index contributed by atoms with van der Waals surface area (Å²) in [5.74, 6) is 0.571. The van der Waals surface area contributed by atoms with Crippen LogP contribution in [-0.2, 0) is 4.74 Å². The van der Waals surface area contributed by atoms with Gasteiger partial charge in [0, 0.05) is 45.4 Å². The molecule has 2 aliphatic rings. The predicted octanol–water partition coefficient (Wildman–Crippen LogP) is 2.21. The topological polar surface area (TPSA) is 33.7 Å². The van der Waals surface area contributed by atoms with Crippen LogP contribution in [0.1, 0.15) is 24.4 Å². The van der Waals surface area contributed by atoms with E-state index in [0.29, 0.717) is 11.7 Å². The molecule has 5 heteroatoms. The van der Waals surface area contributed by atoms with E-state index in [1.165, 1.54) is 7.11 Å². The van der Waals surface area contributed by atoms with Gasteiger partial charge < -0.3 is 14.8 Å². The second-order valence-electron chi connectivity index (χ2n) is 6.07. The van der Waals surface area contributed by atoms with E-state index in [1.54, 1.807) is 12.1 Å². The summed E-state index contributed by atoms with van der Waals surface area (Å²) in [4.78, 5) is 2.49. The molecule has 0 aromatic heterocycles. The highest BCUT2D eigenvalue weighted by Gasteiger charge is 2.31. The van der Waals surface area contributed by atoms with Gasteiger partial charge in [0.2, 0.25) is 0 Å². The third-order valence-electron chi connectivity index (χ3n) is 4.77. The van der Waals surface area contributed by atoms with E-state index >= 15 is 0 Å². The molecule has 1 N–H and O–H groups in total. The highest BCUT2D eigenvalue weighted by Crippen LogP contribution is 2.36. The Labute approximate surface area is 131 Å². The fraction of sp³-hybridized carbons (Fsp3) is 0.647. The molecule has 0 radical (unpaired) electrons. The molecule has 0 aliphatic carbocycles. The lowest BCUT2D eigenvalue weighted by Crippen LogP contribution is -2.47. The summed E-state index contributed by atoms with van der Waals surface area (Å²) in [6.07, 6.45) is 2.09. The van der Waals surface area contributed by atoms with Crippen LogP contribution in [-0.4, -0.2) is 51.4 Å². The highest BCUT2D eigenvalue weighted by atomic mass is 19.1. The van der Waals surface area contributed by atoms with Crippen LogP contribution in [0.2, 0.25) is 0 Å². The summed E-state index contributed by atoms with van der Waals surface area (Å²) in [5, 5.41) is 3.39. The number of methoxy groups -OCH3 is 1. The summed E-state index contributed by atoms with van der Waals surface area (Å²) in [6.45, 7) is 5.64. The van der Waals surface area contributed by atoms with Gasteiger partial charge in [-0.1, -0.05) is 6.07 Å². The molecule has 4 nitrogen and oxygen atoms in total. The molecule has 0 unspecified atom stereocenters. The summed E-state index contributed by atoms with van der Waals surface area (Å²) in [6, 6.07) is 5.69. The van der Waals surface area contributed by atoms with Crippen molar-refractivity contribution in [3.8, 4) is 5.75 Å². The van der Waals surface area contributed by atoms with Crippen molar-refractivity contribution < 1.29 is 13.9 Å². The van der Waals surface area contributed by atoms with E-state index in [4.69, 9.17) is 9.47 Å². The molecule has 3 rings (SSSR count). The number of benzene rings is 1. The van der Waals surface area contributed by atoms with Crippen molar-refractivity contribution in [2.24, 2.45) is 5.92 Å². The van der Waals surface area contributed by atoms with Gasteiger partial charge in [-0.15, -0.1) is 0 Å². The number of nitrogens with one attached hydrogen (secondary N) is 1. The quantitative estimate of drug-likeness (QED) is 0.925. The number of halogens is 1. The SMILES string of the molecule is COc1ccc([C@H](C2CCOCC2)N2CCNCC2)cc1F. The van der Waals surface area contributed by atoms with Crippen LogP contribution in [0.3, 0.4) is 0 Å². The summed E-state index contributed by atoms with van der Waals surface area (Å²) >= 11 is 0. The van der Waals surface area contributed by atoms with E-state index < -0.39 is 0 Å². The van der Waals surface area contributed by atoms with Gasteiger partial charge in [0.15, 0.2) is 11.6 Å². The van der Waals surface area contributed by atoms with Gasteiger partial charge in [-0.3, -0.25) is 4.90 Å². The zero-order valence-electron chi connectivity index (χ0n) is 13.2. The number of hydrogen-bond donors (Lipinski definition) is 1. The first-order valence-corrected chi connectivity index (χ1v) is 8.15. The van der Waals surface area contributed by atoms with Crippen molar-refractivity contribution in [1.82, 2.24) is 10.2 Å². The number of rotatable bonds is 4. The van der Waals surface area contributed by atoms with E-state index in [2.05, 4.69) is 10.2 Å². The van der Waals surface area contributed by atoms with Crippen LogP contribution >= 0.6 is 0 Å². The maximum atomic E-state index is 14.2. The fourth-order valence-electron chi connectivity index (χ4n) is 3.64. The Balaban J connectivity index is 1.87. The van der Waals surface area contributed by atoms with Gasteiger partial charge in [-0.2, -0.15) is 0 Å². The van der Waals surface area contributed by atoms with Gasteiger partial charge in [-0.05, 0) is 36.5 Å². The first-order valence-electron chi connectivity index (χ1n) is 8.15. The lowest BCUT2D eigenvalue weighted by Gasteiger charge is -2.41. The average molecular weight is 308 g/mol. The standard InChI is InChI=1S/C17H25FN2O2/c1-21-16-3-2-14(12-15(16)18)17(13-4-10-22-11-5-13)20-8-6-19-7-9-20/h2-3,12-13,17,19H,4-11H2,1H3/t17-/m0/s1. The monoisotopic (exact) mass is 308 g/mol. The normalized spacial score (nSPS) is 22.5. The van der Waals surface area contributed by atoms with Crippen molar-refractivity contribution in [3.63, 3.8) is 0 Å². The first kappa shape index (κ1) is 15.7. The molecule has 2 fully saturated rings. The van der Waals surface area contributed by atoms with Gasteiger partial charge in [0.25, 0.3) is 0 Å². The van der Waals surface area contributed by atoms with Crippen LogP contribution in [0.5, 0.6) is 5.75 Å². The molecule has 122 valence electrons. The molecule has 2 aliphatic heterocycles. The summed E-state index contributed by atoms with van der Waals surface area (Å²) in [7, 11) is 1.50. The lowest BCUT2D eigenvalue weighted by atomic mass is 9.85. The van der Waals surface area contributed by atoms with Gasteiger partial charge in [-0.25, -0.2) is 4.39 Å². The Morgan fingerprint density at radius 3 is 2.64 bits per heavy atom. The van der Waals surface area contributed by atoms with Gasteiger partial charge >= 0.3 is 0 Å². The molecule has 22 heavy (non-hydrogen) atoms. The van der Waals surface area contributed by atoms with E-state index in [9.17, 15) is 4.39 Å². The minimum atomic E-state index is -0.271. The molecule has 2 saturated heterocycles. The molecule has 0 saturated carbocycles. The highest BCUT2D eigenvalue weighted by molar-refractivity contribution is 5.31. The van der Waals surface area contributed by atoms with Crippen LogP contribution in [0.4, 0.5) is 4.39 Å². The molecule has 0 amide bonds. The molecule has 1 atom stereocenters. The van der Waals surface area contributed by atoms with E-state index in [0.717, 1.165) is 57.8 Å². The van der Waals surface area contributed by atoms with Crippen molar-refractivity contribution in [3.05, 3.63) is 29.6 Å². The van der Waals surface area contributed by atoms with Crippen molar-refractivity contribution in [1.29, 1.82) is 0 Å². The molecule has 2 heterocycles. The van der Waals surface area contributed by atoms with Crippen molar-refractivity contribution in [2.75, 3.05) is 46.5 Å². The Bertz CT molecular complexity index is 468. The Morgan fingerprint density at radius 2 is 2.00 bits per heavy atom. The minimum absolute atomic E-state index is 0.270. The maximum absolute atomic E-state index is 14.2. The van der Waals surface area contributed by atoms with Crippen molar-refractivity contribution >= 4 is 0 Å². The minimum Gasteiger partial charge on any atom is -0.494 e. The Hall–Kier alpha value is -1.17. The second-order valence-corrected chi connectivity index (χ2v) is 6.07. The largest absolute Gasteiger partial charge is 0.494 e. The fourth-order valence-corrected chi connectivity index (χ4v) is 3.64. The summed E-state index contributed by atoms with van der Waals surface area (Å²) < 4.78 is 24.7. The van der Waals surface area contributed by atoms with Crippen LogP contribution in [0.15, 0.2) is 18.2 Å². The number of nitrogens with zero attached hydrogens (tertiary/aromatic N) is 1. The molecule has 0 bridgehead atoms. The van der Waals surface area contributed by atoms with Crippen molar-refractivity contribution in [2.45, 2.75) is 18.9 Å². The van der Waals surface area contributed by atoms with E-state index in [1.807, 2.05) is 6.07 Å². The number of ether oxygens (including phenoxy) is 2. The molecule has 0 spiro atoms. The maximum Gasteiger partial charge on any atom is 0.165 e. The zero-order chi connectivity index (χ0) is 15.4. The zero-order valence-corrected chi connectivity index (χ0v) is 13.2. The van der Waals surface area contributed by atoms with E-state index in [-0.39, 0.29) is 11.9 Å². The van der Waals surface area contributed by atoms with Crippen LogP contribution < -0.4 is 10.1 Å². The van der Waals surface area contributed by atoms with Gasteiger partial charge in [0.1, 0.15) is 0 Å². The molecular weight excluding hydrogens is 283 g/mol. The Kier molecular flexibility index (Phi) is 5.28. The van der Waals surface area contributed by atoms with Gasteiger partial charge in [0.05, 0.1) is 7.11 Å². The first-order chi connectivity index (χ1) is 10.8. The third kappa shape index (κ3) is 3.42. The molecule has 1 aromatic rings. The number of hydrogen-bond acceptors (Lipinski definition) is 4.